The molecular formula is C16H15BrN2O2. The van der Waals surface area contributed by atoms with Crippen LogP contribution < -0.4 is 0 Å². The van der Waals surface area contributed by atoms with E-state index in [0.717, 1.165) is 34.3 Å². The monoisotopic (exact) mass is 346 g/mol. The Bertz CT molecular complexity index is 791. The summed E-state index contributed by atoms with van der Waals surface area (Å²) in [6, 6.07) is 10.5. The summed E-state index contributed by atoms with van der Waals surface area (Å²) in [5.41, 5.74) is 2.63. The van der Waals surface area contributed by atoms with Gasteiger partial charge in [-0.1, -0.05) is 22.9 Å². The van der Waals surface area contributed by atoms with Crippen molar-refractivity contribution in [2.45, 2.75) is 19.9 Å². The van der Waals surface area contributed by atoms with Crippen LogP contribution in [0.5, 0.6) is 11.5 Å². The molecule has 2 N–H and O–H groups in total. The number of benzene rings is 2. The van der Waals surface area contributed by atoms with Crippen LogP contribution in [0, 0.1) is 0 Å². The van der Waals surface area contributed by atoms with Crippen molar-refractivity contribution < 1.29 is 10.2 Å². The number of nitrogens with zero attached hydrogens (tertiary/aromatic N) is 2. The van der Waals surface area contributed by atoms with Gasteiger partial charge in [-0.15, -0.1) is 0 Å². The van der Waals surface area contributed by atoms with E-state index in [0.29, 0.717) is 5.56 Å². The lowest BCUT2D eigenvalue weighted by molar-refractivity contribution is 0.451. The lowest BCUT2D eigenvalue weighted by atomic mass is 10.2. The number of halogens is 1. The SMILES string of the molecule is CCCn1c(-c2cc(O)cc(O)c2)nc2cc(Br)ccc21. The second kappa shape index (κ2) is 5.41. The molecule has 21 heavy (non-hydrogen) atoms. The number of phenols is 2. The molecule has 0 bridgehead atoms. The fraction of sp³-hybridized carbons (Fsp3) is 0.188. The van der Waals surface area contributed by atoms with Crippen LogP contribution >= 0.6 is 15.9 Å². The van der Waals surface area contributed by atoms with Crippen molar-refractivity contribution in [1.82, 2.24) is 9.55 Å². The Morgan fingerprint density at radius 2 is 1.81 bits per heavy atom. The number of fused-ring (bicyclic) bond motifs is 1. The van der Waals surface area contributed by atoms with Crippen LogP contribution in [0.25, 0.3) is 22.4 Å². The van der Waals surface area contributed by atoms with Gasteiger partial charge in [-0.25, -0.2) is 4.98 Å². The van der Waals surface area contributed by atoms with E-state index in [1.54, 1.807) is 12.1 Å². The molecular weight excluding hydrogens is 332 g/mol. The van der Waals surface area contributed by atoms with Gasteiger partial charge in [0.15, 0.2) is 0 Å². The van der Waals surface area contributed by atoms with Gasteiger partial charge in [-0.2, -0.15) is 0 Å². The van der Waals surface area contributed by atoms with Crippen molar-refractivity contribution in [1.29, 1.82) is 0 Å². The lowest BCUT2D eigenvalue weighted by Gasteiger charge is -2.08. The highest BCUT2D eigenvalue weighted by molar-refractivity contribution is 9.10. The zero-order valence-electron chi connectivity index (χ0n) is 11.5. The fourth-order valence-electron chi connectivity index (χ4n) is 2.50. The Balaban J connectivity index is 2.27. The zero-order chi connectivity index (χ0) is 15.0. The topological polar surface area (TPSA) is 58.3 Å². The standard InChI is InChI=1S/C16H15BrN2O2/c1-2-5-19-15-4-3-11(17)8-14(15)18-16(19)10-6-12(20)9-13(21)7-10/h3-4,6-9,20-21H,2,5H2,1H3. The summed E-state index contributed by atoms with van der Waals surface area (Å²) in [6.45, 7) is 2.93. The molecule has 0 aliphatic carbocycles. The van der Waals surface area contributed by atoms with Crippen molar-refractivity contribution in [3.05, 3.63) is 40.9 Å². The molecule has 2 aromatic carbocycles. The van der Waals surface area contributed by atoms with Crippen LogP contribution in [0.4, 0.5) is 0 Å². The van der Waals surface area contributed by atoms with Gasteiger partial charge in [0, 0.05) is 22.6 Å². The van der Waals surface area contributed by atoms with Crippen LogP contribution in [0.15, 0.2) is 40.9 Å². The summed E-state index contributed by atoms with van der Waals surface area (Å²) >= 11 is 3.46. The average molecular weight is 347 g/mol. The summed E-state index contributed by atoms with van der Waals surface area (Å²) < 4.78 is 3.08. The highest BCUT2D eigenvalue weighted by Gasteiger charge is 2.13. The van der Waals surface area contributed by atoms with E-state index in [-0.39, 0.29) is 11.5 Å². The maximum absolute atomic E-state index is 9.69. The molecule has 0 fully saturated rings. The van der Waals surface area contributed by atoms with Crippen LogP contribution in [0.3, 0.4) is 0 Å². The summed E-state index contributed by atoms with van der Waals surface area (Å²) in [5.74, 6) is 0.804. The smallest absolute Gasteiger partial charge is 0.141 e. The molecule has 0 radical (unpaired) electrons. The number of rotatable bonds is 3. The Labute approximate surface area is 130 Å². The molecule has 0 amide bonds. The first kappa shape index (κ1) is 13.9. The quantitative estimate of drug-likeness (QED) is 0.743. The van der Waals surface area contributed by atoms with E-state index in [4.69, 9.17) is 0 Å². The first-order valence-electron chi connectivity index (χ1n) is 6.77. The highest BCUT2D eigenvalue weighted by atomic mass is 79.9. The van der Waals surface area contributed by atoms with Gasteiger partial charge in [-0.05, 0) is 36.8 Å². The normalized spacial score (nSPS) is 11.1. The third-order valence-corrected chi connectivity index (χ3v) is 3.81. The van der Waals surface area contributed by atoms with Crippen molar-refractivity contribution in [3.63, 3.8) is 0 Å². The van der Waals surface area contributed by atoms with Crippen LogP contribution in [-0.4, -0.2) is 19.8 Å². The minimum atomic E-state index is 0.0290. The predicted molar refractivity (Wildman–Crippen MR) is 86.5 cm³/mol. The molecule has 0 saturated carbocycles. The third-order valence-electron chi connectivity index (χ3n) is 3.32. The molecule has 0 spiro atoms. The minimum absolute atomic E-state index is 0.0290. The van der Waals surface area contributed by atoms with Gasteiger partial charge in [0.05, 0.1) is 11.0 Å². The maximum Gasteiger partial charge on any atom is 0.141 e. The van der Waals surface area contributed by atoms with Crippen molar-refractivity contribution in [2.75, 3.05) is 0 Å². The molecule has 1 aromatic heterocycles. The largest absolute Gasteiger partial charge is 0.508 e. The van der Waals surface area contributed by atoms with E-state index in [1.165, 1.54) is 6.07 Å². The molecule has 108 valence electrons. The first-order valence-corrected chi connectivity index (χ1v) is 7.57. The third kappa shape index (κ3) is 2.61. The number of phenolic OH excluding ortho intramolecular Hbond substituents is 2. The van der Waals surface area contributed by atoms with Gasteiger partial charge < -0.3 is 14.8 Å². The first-order chi connectivity index (χ1) is 10.1. The zero-order valence-corrected chi connectivity index (χ0v) is 13.1. The van der Waals surface area contributed by atoms with E-state index in [9.17, 15) is 10.2 Å². The number of aromatic nitrogens is 2. The van der Waals surface area contributed by atoms with Crippen LogP contribution in [0.2, 0.25) is 0 Å². The predicted octanol–water partition coefficient (Wildman–Crippen LogP) is 4.29. The van der Waals surface area contributed by atoms with E-state index in [2.05, 4.69) is 32.4 Å². The van der Waals surface area contributed by atoms with E-state index >= 15 is 0 Å². The van der Waals surface area contributed by atoms with Crippen molar-refractivity contribution in [2.24, 2.45) is 0 Å². The number of imidazole rings is 1. The molecule has 4 nitrogen and oxygen atoms in total. The number of aryl methyl sites for hydroxylation is 1. The Morgan fingerprint density at radius 3 is 2.48 bits per heavy atom. The number of aromatic hydroxyl groups is 2. The van der Waals surface area contributed by atoms with Gasteiger partial charge in [-0.3, -0.25) is 0 Å². The molecule has 0 aliphatic rings. The average Bonchev–Trinajstić information content (AvgIpc) is 2.76. The second-order valence-electron chi connectivity index (χ2n) is 4.96. The molecule has 0 saturated heterocycles. The number of hydrogen-bond donors (Lipinski definition) is 2. The summed E-state index contributed by atoms with van der Waals surface area (Å²) in [7, 11) is 0. The van der Waals surface area contributed by atoms with Crippen molar-refractivity contribution >= 4 is 27.0 Å². The Morgan fingerprint density at radius 1 is 1.10 bits per heavy atom. The minimum Gasteiger partial charge on any atom is -0.508 e. The van der Waals surface area contributed by atoms with Crippen molar-refractivity contribution in [3.8, 4) is 22.9 Å². The maximum atomic E-state index is 9.69. The fourth-order valence-corrected chi connectivity index (χ4v) is 2.85. The van der Waals surface area contributed by atoms with Gasteiger partial charge in [0.25, 0.3) is 0 Å². The summed E-state index contributed by atoms with van der Waals surface area (Å²) in [5, 5.41) is 19.4. The van der Waals surface area contributed by atoms with Gasteiger partial charge in [0.2, 0.25) is 0 Å². The van der Waals surface area contributed by atoms with Crippen LogP contribution in [-0.2, 0) is 6.54 Å². The molecule has 0 unspecified atom stereocenters. The summed E-state index contributed by atoms with van der Waals surface area (Å²) in [4.78, 5) is 4.66. The molecule has 5 heteroatoms. The number of hydrogen-bond acceptors (Lipinski definition) is 3. The van der Waals surface area contributed by atoms with Crippen LogP contribution in [0.1, 0.15) is 13.3 Å². The molecule has 3 rings (SSSR count). The second-order valence-corrected chi connectivity index (χ2v) is 5.87. The van der Waals surface area contributed by atoms with E-state index < -0.39 is 0 Å². The van der Waals surface area contributed by atoms with Gasteiger partial charge >= 0.3 is 0 Å². The summed E-state index contributed by atoms with van der Waals surface area (Å²) in [6.07, 6.45) is 0.972. The molecule has 0 aliphatic heterocycles. The molecule has 3 aromatic rings. The van der Waals surface area contributed by atoms with E-state index in [1.807, 2.05) is 18.2 Å². The lowest BCUT2D eigenvalue weighted by Crippen LogP contribution is -1.99. The van der Waals surface area contributed by atoms with Gasteiger partial charge in [0.1, 0.15) is 17.3 Å². The Kier molecular flexibility index (Phi) is 3.59. The molecule has 1 heterocycles. The Hall–Kier alpha value is -2.01. The molecule has 0 atom stereocenters. The highest BCUT2D eigenvalue weighted by Crippen LogP contribution is 2.31.